The highest BCUT2D eigenvalue weighted by Crippen LogP contribution is 2.32. The Morgan fingerprint density at radius 3 is 2.80 bits per heavy atom. The fourth-order valence-electron chi connectivity index (χ4n) is 4.04. The Hall–Kier alpha value is -2.00. The van der Waals surface area contributed by atoms with Crippen LogP contribution >= 0.6 is 22.9 Å². The van der Waals surface area contributed by atoms with Crippen molar-refractivity contribution in [1.29, 1.82) is 0 Å². The molecule has 2 aromatic heterocycles. The second-order valence-electron chi connectivity index (χ2n) is 7.69. The van der Waals surface area contributed by atoms with E-state index in [1.165, 1.54) is 11.3 Å². The van der Waals surface area contributed by atoms with Crippen LogP contribution in [0.25, 0.3) is 10.3 Å². The van der Waals surface area contributed by atoms with Crippen molar-refractivity contribution in [2.45, 2.75) is 25.8 Å². The molecule has 5 rings (SSSR count). The van der Waals surface area contributed by atoms with Crippen molar-refractivity contribution in [2.24, 2.45) is 0 Å². The van der Waals surface area contributed by atoms with Crippen LogP contribution < -0.4 is 10.5 Å². The van der Waals surface area contributed by atoms with Crippen molar-refractivity contribution in [3.05, 3.63) is 50.5 Å². The van der Waals surface area contributed by atoms with Gasteiger partial charge in [-0.25, -0.2) is 4.98 Å². The smallest absolute Gasteiger partial charge is 0.292 e. The van der Waals surface area contributed by atoms with Gasteiger partial charge in [-0.05, 0) is 30.5 Å². The van der Waals surface area contributed by atoms with Crippen molar-refractivity contribution < 1.29 is 9.47 Å². The van der Waals surface area contributed by atoms with E-state index in [1.54, 1.807) is 0 Å². The van der Waals surface area contributed by atoms with E-state index in [1.807, 2.05) is 19.1 Å². The summed E-state index contributed by atoms with van der Waals surface area (Å²) >= 11 is 7.79. The highest BCUT2D eigenvalue weighted by atomic mass is 35.5. The summed E-state index contributed by atoms with van der Waals surface area (Å²) < 4.78 is 13.7. The van der Waals surface area contributed by atoms with E-state index < -0.39 is 0 Å². The molecule has 0 saturated carbocycles. The fourth-order valence-corrected chi connectivity index (χ4v) is 5.24. The molecule has 2 saturated heterocycles. The summed E-state index contributed by atoms with van der Waals surface area (Å²) in [6.07, 6.45) is 0.854. The van der Waals surface area contributed by atoms with E-state index in [0.29, 0.717) is 43.3 Å². The first-order valence-corrected chi connectivity index (χ1v) is 11.4. The number of nitrogens with zero attached hydrogens (tertiary/aromatic N) is 4. The van der Waals surface area contributed by atoms with Crippen molar-refractivity contribution >= 4 is 38.4 Å². The quantitative estimate of drug-likeness (QED) is 0.613. The fraction of sp³-hybridized carbons (Fsp3) is 0.476. The predicted octanol–water partition coefficient (Wildman–Crippen LogP) is 3.20. The molecule has 0 bridgehead atoms. The van der Waals surface area contributed by atoms with E-state index >= 15 is 0 Å². The van der Waals surface area contributed by atoms with Crippen LogP contribution in [0.5, 0.6) is 0 Å². The van der Waals surface area contributed by atoms with Crippen LogP contribution in [0.15, 0.2) is 23.0 Å². The Morgan fingerprint density at radius 1 is 1.20 bits per heavy atom. The molecule has 9 heteroatoms. The number of halogens is 1. The Kier molecular flexibility index (Phi) is 5.49. The molecule has 1 atom stereocenters. The third kappa shape index (κ3) is 3.62. The molecule has 30 heavy (non-hydrogen) atoms. The van der Waals surface area contributed by atoms with Gasteiger partial charge in [0.15, 0.2) is 10.8 Å². The van der Waals surface area contributed by atoms with Crippen LogP contribution in [0, 0.1) is 6.92 Å². The summed E-state index contributed by atoms with van der Waals surface area (Å²) in [6, 6.07) is 5.91. The number of morpholine rings is 1. The molecule has 2 aliphatic rings. The molecule has 0 amide bonds. The number of ether oxygens (including phenoxy) is 2. The third-order valence-corrected chi connectivity index (χ3v) is 7.33. The molecule has 4 heterocycles. The first kappa shape index (κ1) is 19.9. The van der Waals surface area contributed by atoms with Gasteiger partial charge in [0, 0.05) is 30.6 Å². The summed E-state index contributed by atoms with van der Waals surface area (Å²) in [6.45, 7) is 6.74. The lowest BCUT2D eigenvalue weighted by molar-refractivity contribution is 0.122. The Bertz CT molecular complexity index is 1130. The number of benzene rings is 1. The van der Waals surface area contributed by atoms with Gasteiger partial charge in [0.2, 0.25) is 0 Å². The number of hydrogen-bond donors (Lipinski definition) is 0. The van der Waals surface area contributed by atoms with E-state index in [9.17, 15) is 4.79 Å². The Labute approximate surface area is 183 Å². The lowest BCUT2D eigenvalue weighted by Gasteiger charge is -2.25. The topological polar surface area (TPSA) is 69.5 Å². The van der Waals surface area contributed by atoms with E-state index in [0.717, 1.165) is 46.6 Å². The van der Waals surface area contributed by atoms with Crippen molar-refractivity contribution in [2.75, 3.05) is 44.4 Å². The Balaban J connectivity index is 1.66. The largest absolute Gasteiger partial charge is 0.381 e. The zero-order valence-corrected chi connectivity index (χ0v) is 18.3. The molecule has 3 aromatic rings. The maximum atomic E-state index is 12.9. The van der Waals surface area contributed by atoms with Gasteiger partial charge < -0.3 is 18.9 Å². The van der Waals surface area contributed by atoms with Gasteiger partial charge in [-0.3, -0.25) is 4.79 Å². The molecule has 0 N–H and O–H groups in total. The van der Waals surface area contributed by atoms with Gasteiger partial charge in [-0.2, -0.15) is 4.98 Å². The van der Waals surface area contributed by atoms with Crippen LogP contribution in [0.3, 0.4) is 0 Å². The zero-order valence-electron chi connectivity index (χ0n) is 16.8. The maximum absolute atomic E-state index is 12.9. The molecule has 0 aliphatic carbocycles. The van der Waals surface area contributed by atoms with Gasteiger partial charge in [-0.15, -0.1) is 0 Å². The van der Waals surface area contributed by atoms with Crippen LogP contribution in [-0.4, -0.2) is 54.1 Å². The number of anilines is 1. The lowest BCUT2D eigenvalue weighted by Crippen LogP contribution is -2.36. The molecule has 1 aromatic carbocycles. The first-order chi connectivity index (χ1) is 14.6. The highest BCUT2D eigenvalue weighted by molar-refractivity contribution is 7.22. The minimum atomic E-state index is -0.206. The minimum Gasteiger partial charge on any atom is -0.381 e. The van der Waals surface area contributed by atoms with E-state index in [-0.39, 0.29) is 11.5 Å². The van der Waals surface area contributed by atoms with Crippen molar-refractivity contribution in [1.82, 2.24) is 14.5 Å². The molecule has 0 spiro atoms. The molecule has 158 valence electrons. The first-order valence-electron chi connectivity index (χ1n) is 10.2. The van der Waals surface area contributed by atoms with Crippen LogP contribution in [0.4, 0.5) is 5.13 Å². The van der Waals surface area contributed by atoms with Crippen LogP contribution in [-0.2, 0) is 16.0 Å². The van der Waals surface area contributed by atoms with Gasteiger partial charge in [0.1, 0.15) is 10.5 Å². The molecule has 7 nitrogen and oxygen atoms in total. The summed E-state index contributed by atoms with van der Waals surface area (Å²) in [4.78, 5) is 24.5. The molecule has 2 aliphatic heterocycles. The highest BCUT2D eigenvalue weighted by Gasteiger charge is 2.27. The standard InChI is InChI=1S/C21H23ClN4O3S/c1-13-14(3-2-4-16(13)22)11-26-18(15-5-8-29-12-15)23-20(27)17-19(26)24-21(30-17)25-6-9-28-10-7-25/h2-4,15H,5-12H2,1H3. The normalized spacial score (nSPS) is 19.7. The molecule has 1 unspecified atom stereocenters. The van der Waals surface area contributed by atoms with Gasteiger partial charge >= 0.3 is 0 Å². The summed E-state index contributed by atoms with van der Waals surface area (Å²) in [5.74, 6) is 0.846. The Morgan fingerprint density at radius 2 is 2.03 bits per heavy atom. The average Bonchev–Trinajstić information content (AvgIpc) is 3.44. The van der Waals surface area contributed by atoms with Gasteiger partial charge in [0.25, 0.3) is 5.56 Å². The number of rotatable bonds is 4. The van der Waals surface area contributed by atoms with Gasteiger partial charge in [0.05, 0.1) is 26.4 Å². The van der Waals surface area contributed by atoms with Crippen LogP contribution in [0.1, 0.15) is 29.3 Å². The SMILES string of the molecule is Cc1c(Cl)cccc1Cn1c(C2CCOC2)nc(=O)c2sc(N3CCOCC3)nc21. The molecule has 2 fully saturated rings. The minimum absolute atomic E-state index is 0.0927. The number of fused-ring (bicyclic) bond motifs is 1. The molecule has 0 radical (unpaired) electrons. The summed E-state index contributed by atoms with van der Waals surface area (Å²) in [7, 11) is 0. The summed E-state index contributed by atoms with van der Waals surface area (Å²) in [5.41, 5.74) is 2.62. The van der Waals surface area contributed by atoms with E-state index in [2.05, 4.69) is 20.5 Å². The van der Waals surface area contributed by atoms with Crippen molar-refractivity contribution in [3.8, 4) is 0 Å². The number of thiazole rings is 1. The maximum Gasteiger partial charge on any atom is 0.292 e. The lowest BCUT2D eigenvalue weighted by atomic mass is 10.1. The molecular formula is C21H23ClN4O3S. The third-order valence-electron chi connectivity index (χ3n) is 5.83. The second-order valence-corrected chi connectivity index (χ2v) is 9.08. The van der Waals surface area contributed by atoms with E-state index in [4.69, 9.17) is 26.1 Å². The number of hydrogen-bond acceptors (Lipinski definition) is 7. The monoisotopic (exact) mass is 446 g/mol. The zero-order chi connectivity index (χ0) is 20.7. The molecular weight excluding hydrogens is 424 g/mol. The van der Waals surface area contributed by atoms with Crippen molar-refractivity contribution in [3.63, 3.8) is 0 Å². The second kappa shape index (κ2) is 8.26. The van der Waals surface area contributed by atoms with Crippen LogP contribution in [0.2, 0.25) is 5.02 Å². The number of aromatic nitrogens is 3. The average molecular weight is 447 g/mol. The predicted molar refractivity (Wildman–Crippen MR) is 118 cm³/mol. The summed E-state index contributed by atoms with van der Waals surface area (Å²) in [5, 5.41) is 1.58. The van der Waals surface area contributed by atoms with Gasteiger partial charge in [-0.1, -0.05) is 35.1 Å².